The fourth-order valence-electron chi connectivity index (χ4n) is 2.91. The van der Waals surface area contributed by atoms with Gasteiger partial charge in [-0.2, -0.15) is 0 Å². The van der Waals surface area contributed by atoms with E-state index in [1.165, 1.54) is 29.5 Å². The van der Waals surface area contributed by atoms with E-state index in [0.717, 1.165) is 16.6 Å². The van der Waals surface area contributed by atoms with E-state index in [0.29, 0.717) is 4.90 Å². The fourth-order valence-corrected chi connectivity index (χ4v) is 4.52. The second-order valence-corrected chi connectivity index (χ2v) is 8.33. The van der Waals surface area contributed by atoms with Gasteiger partial charge in [-0.1, -0.05) is 18.2 Å². The minimum Gasteiger partial charge on any atom is -0.463 e. The molecule has 1 aromatic carbocycles. The topological polar surface area (TPSA) is 137 Å². The van der Waals surface area contributed by atoms with Crippen molar-refractivity contribution in [3.8, 4) is 0 Å². The predicted molar refractivity (Wildman–Crippen MR) is 117 cm³/mol. The largest absolute Gasteiger partial charge is 0.463 e. The number of thiophene rings is 1. The van der Waals surface area contributed by atoms with Crippen LogP contribution in [0.1, 0.15) is 17.8 Å². The van der Waals surface area contributed by atoms with Crippen LogP contribution in [0.25, 0.3) is 0 Å². The molecule has 1 aliphatic heterocycles. The van der Waals surface area contributed by atoms with Gasteiger partial charge in [0.2, 0.25) is 0 Å². The van der Waals surface area contributed by atoms with E-state index in [1.54, 1.807) is 25.1 Å². The van der Waals surface area contributed by atoms with Gasteiger partial charge in [0.25, 0.3) is 5.69 Å². The number of hydrogen-bond acceptors (Lipinski definition) is 9. The van der Waals surface area contributed by atoms with Gasteiger partial charge in [0.1, 0.15) is 6.61 Å². The van der Waals surface area contributed by atoms with Crippen LogP contribution < -0.4 is 10.6 Å². The van der Waals surface area contributed by atoms with E-state index < -0.39 is 28.9 Å². The first-order valence-electron chi connectivity index (χ1n) is 9.43. The van der Waals surface area contributed by atoms with Crippen molar-refractivity contribution in [2.24, 2.45) is 0 Å². The first-order valence-corrected chi connectivity index (χ1v) is 11.3. The lowest BCUT2D eigenvalue weighted by Gasteiger charge is -2.28. The summed E-state index contributed by atoms with van der Waals surface area (Å²) in [5.74, 6) is -1.49. The molecule has 10 nitrogen and oxygen atoms in total. The highest BCUT2D eigenvalue weighted by molar-refractivity contribution is 8.00. The number of nitro groups is 1. The number of nitro benzene ring substituents is 1. The van der Waals surface area contributed by atoms with Crippen LogP contribution in [0.15, 0.2) is 57.9 Å². The van der Waals surface area contributed by atoms with E-state index in [2.05, 4.69) is 10.6 Å². The molecule has 2 amide bonds. The molecule has 2 aromatic rings. The summed E-state index contributed by atoms with van der Waals surface area (Å²) < 4.78 is 10.4. The molecule has 168 valence electrons. The number of carbonyl (C=O) groups is 3. The predicted octanol–water partition coefficient (Wildman–Crippen LogP) is 3.16. The van der Waals surface area contributed by atoms with E-state index in [1.807, 2.05) is 5.38 Å². The molecule has 2 N–H and O–H groups in total. The van der Waals surface area contributed by atoms with Crippen molar-refractivity contribution >= 4 is 46.8 Å². The Morgan fingerprint density at radius 1 is 1.22 bits per heavy atom. The Morgan fingerprint density at radius 2 is 2.00 bits per heavy atom. The van der Waals surface area contributed by atoms with Crippen molar-refractivity contribution in [3.05, 3.63) is 68.0 Å². The number of nitrogens with one attached hydrogen (secondary N) is 2. The number of thioether (sulfide) groups is 1. The number of benzene rings is 1. The quantitative estimate of drug-likeness (QED) is 0.243. The van der Waals surface area contributed by atoms with Gasteiger partial charge in [0.15, 0.2) is 0 Å². The second kappa shape index (κ2) is 10.8. The Morgan fingerprint density at radius 3 is 2.69 bits per heavy atom. The molecule has 0 fully saturated rings. The lowest BCUT2D eigenvalue weighted by Crippen LogP contribution is -2.47. The van der Waals surface area contributed by atoms with Crippen molar-refractivity contribution in [1.82, 2.24) is 10.6 Å². The molecule has 1 aliphatic rings. The third kappa shape index (κ3) is 5.65. The molecular weight excluding hydrogens is 458 g/mol. The number of esters is 2. The summed E-state index contributed by atoms with van der Waals surface area (Å²) in [6.07, 6.45) is 0. The molecule has 1 atom stereocenters. The van der Waals surface area contributed by atoms with Gasteiger partial charge >= 0.3 is 18.0 Å². The SMILES string of the molecule is CCOC(=O)C1=C(COC(=O)CSc2ccccc2[N+](=O)[O-])NC(=O)N[C@H]1c1cccs1. The van der Waals surface area contributed by atoms with E-state index in [4.69, 9.17) is 9.47 Å². The van der Waals surface area contributed by atoms with Gasteiger partial charge in [-0.3, -0.25) is 14.9 Å². The first kappa shape index (κ1) is 23.3. The molecule has 12 heteroatoms. The monoisotopic (exact) mass is 477 g/mol. The summed E-state index contributed by atoms with van der Waals surface area (Å²) in [6, 6.07) is 8.33. The smallest absolute Gasteiger partial charge is 0.338 e. The van der Waals surface area contributed by atoms with Crippen molar-refractivity contribution < 1.29 is 28.8 Å². The van der Waals surface area contributed by atoms with Crippen LogP contribution in [-0.2, 0) is 19.1 Å². The van der Waals surface area contributed by atoms with E-state index >= 15 is 0 Å². The van der Waals surface area contributed by atoms with Crippen molar-refractivity contribution in [3.63, 3.8) is 0 Å². The Kier molecular flexibility index (Phi) is 7.84. The van der Waals surface area contributed by atoms with Gasteiger partial charge in [0.05, 0.1) is 39.5 Å². The van der Waals surface area contributed by atoms with Gasteiger partial charge < -0.3 is 20.1 Å². The maximum absolute atomic E-state index is 12.6. The third-order valence-corrected chi connectivity index (χ3v) is 6.24. The number of urea groups is 1. The van der Waals surface area contributed by atoms with Crippen LogP contribution in [0.4, 0.5) is 10.5 Å². The summed E-state index contributed by atoms with van der Waals surface area (Å²) in [5, 5.41) is 18.1. The molecule has 0 saturated carbocycles. The number of nitrogens with zero attached hydrogens (tertiary/aromatic N) is 1. The number of para-hydroxylation sites is 1. The van der Waals surface area contributed by atoms with Gasteiger partial charge in [-0.25, -0.2) is 9.59 Å². The van der Waals surface area contributed by atoms with Crippen LogP contribution in [0.2, 0.25) is 0 Å². The highest BCUT2D eigenvalue weighted by Crippen LogP contribution is 2.31. The Bertz CT molecular complexity index is 1050. The normalized spacial score (nSPS) is 15.5. The van der Waals surface area contributed by atoms with Crippen molar-refractivity contribution in [2.45, 2.75) is 17.9 Å². The van der Waals surface area contributed by atoms with Crippen LogP contribution in [0.3, 0.4) is 0 Å². The van der Waals surface area contributed by atoms with Crippen LogP contribution >= 0.6 is 23.1 Å². The average molecular weight is 478 g/mol. The van der Waals surface area contributed by atoms with Gasteiger partial charge in [0, 0.05) is 10.9 Å². The molecular formula is C20H19N3O7S2. The third-order valence-electron chi connectivity index (χ3n) is 4.26. The number of carbonyl (C=O) groups excluding carboxylic acids is 3. The number of hydrogen-bond donors (Lipinski definition) is 2. The highest BCUT2D eigenvalue weighted by atomic mass is 32.2. The standard InChI is InChI=1S/C20H19N3O7S2/c1-2-29-19(25)17-12(21-20(26)22-18(17)15-8-5-9-31-15)10-30-16(24)11-32-14-7-4-3-6-13(14)23(27)28/h3-9,18H,2,10-11H2,1H3,(H2,21,22,26)/t18-/m0/s1. The zero-order valence-electron chi connectivity index (χ0n) is 16.9. The molecule has 0 radical (unpaired) electrons. The van der Waals surface area contributed by atoms with Gasteiger partial charge in [-0.05, 0) is 24.4 Å². The molecule has 0 saturated heterocycles. The zero-order chi connectivity index (χ0) is 23.1. The summed E-state index contributed by atoms with van der Waals surface area (Å²) in [5.41, 5.74) is 0.157. The number of ether oxygens (including phenoxy) is 2. The van der Waals surface area contributed by atoms with Crippen LogP contribution in [0.5, 0.6) is 0 Å². The van der Waals surface area contributed by atoms with E-state index in [-0.39, 0.29) is 35.9 Å². The minimum atomic E-state index is -0.738. The van der Waals surface area contributed by atoms with Gasteiger partial charge in [-0.15, -0.1) is 23.1 Å². The van der Waals surface area contributed by atoms with Crippen molar-refractivity contribution in [1.29, 1.82) is 0 Å². The number of amides is 2. The maximum Gasteiger partial charge on any atom is 0.338 e. The van der Waals surface area contributed by atoms with Crippen LogP contribution in [-0.4, -0.2) is 41.9 Å². The second-order valence-electron chi connectivity index (χ2n) is 6.33. The highest BCUT2D eigenvalue weighted by Gasteiger charge is 2.34. The van der Waals surface area contributed by atoms with E-state index in [9.17, 15) is 24.5 Å². The maximum atomic E-state index is 12.6. The zero-order valence-corrected chi connectivity index (χ0v) is 18.5. The fraction of sp³-hybridized carbons (Fsp3) is 0.250. The molecule has 1 aromatic heterocycles. The molecule has 0 aliphatic carbocycles. The lowest BCUT2D eigenvalue weighted by molar-refractivity contribution is -0.387. The summed E-state index contributed by atoms with van der Waals surface area (Å²) >= 11 is 2.32. The first-order chi connectivity index (χ1) is 15.4. The average Bonchev–Trinajstić information content (AvgIpc) is 3.31. The minimum absolute atomic E-state index is 0.109. The summed E-state index contributed by atoms with van der Waals surface area (Å²) in [4.78, 5) is 48.6. The Labute approximate surface area is 191 Å². The summed E-state index contributed by atoms with van der Waals surface area (Å²) in [6.45, 7) is 1.43. The summed E-state index contributed by atoms with van der Waals surface area (Å²) in [7, 11) is 0. The lowest BCUT2D eigenvalue weighted by atomic mass is 10.0. The Balaban J connectivity index is 1.73. The molecule has 0 unspecified atom stereocenters. The van der Waals surface area contributed by atoms with Crippen molar-refractivity contribution in [2.75, 3.05) is 19.0 Å². The Hall–Kier alpha value is -3.38. The molecule has 0 spiro atoms. The number of rotatable bonds is 9. The molecule has 0 bridgehead atoms. The molecule has 2 heterocycles. The molecule has 3 rings (SSSR count). The molecule has 32 heavy (non-hydrogen) atoms. The van der Waals surface area contributed by atoms with Crippen LogP contribution in [0, 0.1) is 10.1 Å².